The lowest BCUT2D eigenvalue weighted by atomic mass is 9.96. The molecular formula is C12H19BrN4O. The average molecular weight is 315 g/mol. The number of rotatable bonds is 5. The maximum absolute atomic E-state index is 5.13. The number of hydrogen-bond acceptors (Lipinski definition) is 5. The lowest BCUT2D eigenvalue weighted by Gasteiger charge is -2.22. The number of nitrogens with zero attached hydrogens (tertiary/aromatic N) is 2. The maximum atomic E-state index is 5.13. The van der Waals surface area contributed by atoms with Crippen molar-refractivity contribution in [1.29, 1.82) is 0 Å². The predicted octanol–water partition coefficient (Wildman–Crippen LogP) is 2.05. The van der Waals surface area contributed by atoms with Crippen molar-refractivity contribution in [3.8, 4) is 5.88 Å². The molecule has 2 heterocycles. The molecule has 6 heteroatoms. The molecule has 0 spiro atoms. The molecule has 1 aromatic heterocycles. The first-order chi connectivity index (χ1) is 8.79. The van der Waals surface area contributed by atoms with E-state index in [2.05, 4.69) is 36.5 Å². The smallest absolute Gasteiger partial charge is 0.232 e. The second-order valence-electron chi connectivity index (χ2n) is 4.48. The molecule has 1 atom stereocenters. The highest BCUT2D eigenvalue weighted by Crippen LogP contribution is 2.22. The zero-order chi connectivity index (χ0) is 12.8. The molecular weight excluding hydrogens is 296 g/mol. The summed E-state index contributed by atoms with van der Waals surface area (Å²) in [5.41, 5.74) is 0. The number of nitrogens with one attached hydrogen (secondary N) is 2. The minimum atomic E-state index is 0.562. The Kier molecular flexibility index (Phi) is 5.19. The number of methoxy groups -OCH3 is 1. The van der Waals surface area contributed by atoms with Crippen LogP contribution in [0, 0.1) is 5.92 Å². The highest BCUT2D eigenvalue weighted by atomic mass is 79.9. The fourth-order valence-corrected chi connectivity index (χ4v) is 2.49. The molecule has 18 heavy (non-hydrogen) atoms. The SMILES string of the molecule is COc1nc(NCCC2CCCNC2)ncc1Br. The second-order valence-corrected chi connectivity index (χ2v) is 5.33. The van der Waals surface area contributed by atoms with Gasteiger partial charge in [-0.1, -0.05) is 0 Å². The highest BCUT2D eigenvalue weighted by molar-refractivity contribution is 9.10. The van der Waals surface area contributed by atoms with E-state index in [9.17, 15) is 0 Å². The molecule has 1 saturated heterocycles. The van der Waals surface area contributed by atoms with Gasteiger partial charge in [-0.05, 0) is 54.2 Å². The van der Waals surface area contributed by atoms with Gasteiger partial charge in [0.1, 0.15) is 0 Å². The van der Waals surface area contributed by atoms with Crippen LogP contribution >= 0.6 is 15.9 Å². The van der Waals surface area contributed by atoms with Gasteiger partial charge in [0.15, 0.2) is 0 Å². The molecule has 0 saturated carbocycles. The minimum Gasteiger partial charge on any atom is -0.480 e. The summed E-state index contributed by atoms with van der Waals surface area (Å²) in [6.07, 6.45) is 5.46. The Balaban J connectivity index is 1.79. The van der Waals surface area contributed by atoms with E-state index < -0.39 is 0 Å². The monoisotopic (exact) mass is 314 g/mol. The van der Waals surface area contributed by atoms with Crippen molar-refractivity contribution in [2.75, 3.05) is 32.1 Å². The van der Waals surface area contributed by atoms with Crippen LogP contribution in [0.2, 0.25) is 0 Å². The zero-order valence-corrected chi connectivity index (χ0v) is 12.2. The number of anilines is 1. The van der Waals surface area contributed by atoms with Crippen molar-refractivity contribution >= 4 is 21.9 Å². The molecule has 1 aliphatic heterocycles. The van der Waals surface area contributed by atoms with Crippen molar-refractivity contribution in [3.63, 3.8) is 0 Å². The van der Waals surface area contributed by atoms with Crippen LogP contribution in [0.4, 0.5) is 5.95 Å². The van der Waals surface area contributed by atoms with E-state index in [0.29, 0.717) is 11.8 Å². The first-order valence-electron chi connectivity index (χ1n) is 6.30. The topological polar surface area (TPSA) is 59.1 Å². The van der Waals surface area contributed by atoms with Gasteiger partial charge in [0.05, 0.1) is 17.8 Å². The lowest BCUT2D eigenvalue weighted by Crippen LogP contribution is -2.30. The first kappa shape index (κ1) is 13.5. The van der Waals surface area contributed by atoms with Crippen LogP contribution in [0.3, 0.4) is 0 Å². The summed E-state index contributed by atoms with van der Waals surface area (Å²) >= 11 is 3.34. The minimum absolute atomic E-state index is 0.562. The Hall–Kier alpha value is -0.880. The third-order valence-electron chi connectivity index (χ3n) is 3.14. The van der Waals surface area contributed by atoms with Gasteiger partial charge in [-0.15, -0.1) is 0 Å². The van der Waals surface area contributed by atoms with E-state index in [4.69, 9.17) is 4.74 Å². The third kappa shape index (κ3) is 3.81. The standard InChI is InChI=1S/C12H19BrN4O/c1-18-11-10(13)8-16-12(17-11)15-6-4-9-3-2-5-14-7-9/h8-9,14H,2-7H2,1H3,(H,15,16,17). The van der Waals surface area contributed by atoms with Crippen molar-refractivity contribution in [2.24, 2.45) is 5.92 Å². The Morgan fingerprint density at radius 1 is 1.61 bits per heavy atom. The van der Waals surface area contributed by atoms with Crippen LogP contribution in [0.5, 0.6) is 5.88 Å². The van der Waals surface area contributed by atoms with Crippen LogP contribution < -0.4 is 15.4 Å². The number of halogens is 1. The molecule has 0 aromatic carbocycles. The number of ether oxygens (including phenoxy) is 1. The van der Waals surface area contributed by atoms with Gasteiger partial charge in [-0.3, -0.25) is 0 Å². The molecule has 0 bridgehead atoms. The van der Waals surface area contributed by atoms with Gasteiger partial charge >= 0.3 is 0 Å². The fraction of sp³-hybridized carbons (Fsp3) is 0.667. The molecule has 1 unspecified atom stereocenters. The van der Waals surface area contributed by atoms with E-state index in [-0.39, 0.29) is 0 Å². The van der Waals surface area contributed by atoms with Gasteiger partial charge in [0.25, 0.3) is 0 Å². The molecule has 1 aliphatic rings. The molecule has 1 fully saturated rings. The summed E-state index contributed by atoms with van der Waals surface area (Å²) in [7, 11) is 1.60. The number of hydrogen-bond donors (Lipinski definition) is 2. The van der Waals surface area contributed by atoms with Gasteiger partial charge in [0.2, 0.25) is 11.8 Å². The van der Waals surface area contributed by atoms with Crippen LogP contribution in [0.1, 0.15) is 19.3 Å². The summed E-state index contributed by atoms with van der Waals surface area (Å²) in [6, 6.07) is 0. The van der Waals surface area contributed by atoms with Gasteiger partial charge in [0, 0.05) is 6.54 Å². The van der Waals surface area contributed by atoms with Crippen molar-refractivity contribution in [3.05, 3.63) is 10.7 Å². The van der Waals surface area contributed by atoms with Crippen molar-refractivity contribution in [1.82, 2.24) is 15.3 Å². The number of aromatic nitrogens is 2. The van der Waals surface area contributed by atoms with Gasteiger partial charge in [-0.2, -0.15) is 4.98 Å². The van der Waals surface area contributed by atoms with Crippen molar-refractivity contribution < 1.29 is 4.74 Å². The second kappa shape index (κ2) is 6.89. The van der Waals surface area contributed by atoms with E-state index in [0.717, 1.165) is 36.4 Å². The van der Waals surface area contributed by atoms with Crippen LogP contribution in [0.15, 0.2) is 10.7 Å². The molecule has 0 radical (unpaired) electrons. The lowest BCUT2D eigenvalue weighted by molar-refractivity contribution is 0.364. The van der Waals surface area contributed by atoms with Crippen LogP contribution in [-0.2, 0) is 0 Å². The van der Waals surface area contributed by atoms with E-state index in [1.165, 1.54) is 12.8 Å². The molecule has 0 aliphatic carbocycles. The molecule has 2 N–H and O–H groups in total. The van der Waals surface area contributed by atoms with Crippen LogP contribution in [0.25, 0.3) is 0 Å². The van der Waals surface area contributed by atoms with Crippen LogP contribution in [-0.4, -0.2) is 36.7 Å². The third-order valence-corrected chi connectivity index (χ3v) is 3.68. The highest BCUT2D eigenvalue weighted by Gasteiger charge is 2.12. The molecule has 100 valence electrons. The van der Waals surface area contributed by atoms with E-state index >= 15 is 0 Å². The van der Waals surface area contributed by atoms with E-state index in [1.807, 2.05) is 0 Å². The van der Waals surface area contributed by atoms with Gasteiger partial charge in [-0.25, -0.2) is 4.98 Å². The summed E-state index contributed by atoms with van der Waals surface area (Å²) < 4.78 is 5.90. The van der Waals surface area contributed by atoms with Gasteiger partial charge < -0.3 is 15.4 Å². The Morgan fingerprint density at radius 2 is 2.50 bits per heavy atom. The normalized spacial score (nSPS) is 19.6. The summed E-state index contributed by atoms with van der Waals surface area (Å²) in [5.74, 6) is 1.95. The Labute approximate surface area is 116 Å². The van der Waals surface area contributed by atoms with E-state index in [1.54, 1.807) is 13.3 Å². The summed E-state index contributed by atoms with van der Waals surface area (Å²) in [6.45, 7) is 3.19. The molecule has 2 rings (SSSR count). The molecule has 1 aromatic rings. The Morgan fingerprint density at radius 3 is 3.22 bits per heavy atom. The Bertz CT molecular complexity index is 382. The maximum Gasteiger partial charge on any atom is 0.232 e. The zero-order valence-electron chi connectivity index (χ0n) is 10.6. The summed E-state index contributed by atoms with van der Waals surface area (Å²) in [5, 5.41) is 6.67. The first-order valence-corrected chi connectivity index (χ1v) is 7.10. The molecule has 5 nitrogen and oxygen atoms in total. The summed E-state index contributed by atoms with van der Waals surface area (Å²) in [4.78, 5) is 8.47. The average Bonchev–Trinajstić information content (AvgIpc) is 2.42. The predicted molar refractivity (Wildman–Crippen MR) is 75.0 cm³/mol. The molecule has 0 amide bonds. The largest absolute Gasteiger partial charge is 0.480 e. The fourth-order valence-electron chi connectivity index (χ4n) is 2.14. The number of piperidine rings is 1. The quantitative estimate of drug-likeness (QED) is 0.871. The van der Waals surface area contributed by atoms with Crippen molar-refractivity contribution in [2.45, 2.75) is 19.3 Å².